The fourth-order valence-electron chi connectivity index (χ4n) is 2.78. The first kappa shape index (κ1) is 23.8. The summed E-state index contributed by atoms with van der Waals surface area (Å²) in [6.07, 6.45) is 1.47. The van der Waals surface area contributed by atoms with E-state index in [1.54, 1.807) is 0 Å². The van der Waals surface area contributed by atoms with Crippen molar-refractivity contribution >= 4 is 43.6 Å². The van der Waals surface area contributed by atoms with E-state index in [4.69, 9.17) is 19.8 Å². The van der Waals surface area contributed by atoms with Crippen molar-refractivity contribution in [2.45, 2.75) is 23.8 Å². The molecule has 0 bridgehead atoms. The first-order valence-corrected chi connectivity index (χ1v) is 11.1. The summed E-state index contributed by atoms with van der Waals surface area (Å²) in [4.78, 5) is 18.3. The number of rotatable bonds is 4. The Morgan fingerprint density at radius 2 is 1.47 bits per heavy atom. The zero-order valence-corrected chi connectivity index (χ0v) is 18.1. The van der Waals surface area contributed by atoms with Gasteiger partial charge in [-0.2, -0.15) is 4.31 Å². The van der Waals surface area contributed by atoms with Crippen LogP contribution in [0.1, 0.15) is 12.8 Å². The van der Waals surface area contributed by atoms with Gasteiger partial charge in [-0.1, -0.05) is 15.9 Å². The molecule has 0 unspecified atom stereocenters. The van der Waals surface area contributed by atoms with Crippen LogP contribution in [0.25, 0.3) is 0 Å². The Hall–Kier alpha value is -2.50. The molecule has 162 valence electrons. The second-order valence-electron chi connectivity index (χ2n) is 6.39. The maximum atomic E-state index is 13.0. The third-order valence-electron chi connectivity index (χ3n) is 4.30. The van der Waals surface area contributed by atoms with Gasteiger partial charge >= 0.3 is 11.9 Å². The lowest BCUT2D eigenvalue weighted by atomic mass is 10.1. The fraction of sp³-hybridized carbons (Fsp3) is 0.263. The largest absolute Gasteiger partial charge is 0.473 e. The van der Waals surface area contributed by atoms with Gasteiger partial charge in [-0.25, -0.2) is 22.4 Å². The van der Waals surface area contributed by atoms with Crippen molar-refractivity contribution < 1.29 is 32.6 Å². The third kappa shape index (κ3) is 6.78. The molecule has 0 aliphatic carbocycles. The number of carbonyl (C=O) groups is 2. The number of carboxylic acid groups (broad SMARTS) is 2. The number of halogens is 2. The van der Waals surface area contributed by atoms with Crippen LogP contribution in [0.4, 0.5) is 10.1 Å². The summed E-state index contributed by atoms with van der Waals surface area (Å²) in [7, 11) is -3.55. The van der Waals surface area contributed by atoms with Crippen LogP contribution in [-0.2, 0) is 19.6 Å². The predicted octanol–water partition coefficient (Wildman–Crippen LogP) is 3.01. The maximum Gasteiger partial charge on any atom is 0.414 e. The molecule has 3 rings (SSSR count). The fourth-order valence-corrected chi connectivity index (χ4v) is 4.51. The molecule has 0 saturated carbocycles. The molecule has 2 aromatic carbocycles. The molecule has 8 nitrogen and oxygen atoms in total. The van der Waals surface area contributed by atoms with Crippen LogP contribution in [0, 0.1) is 5.82 Å². The molecule has 0 aromatic heterocycles. The van der Waals surface area contributed by atoms with Crippen molar-refractivity contribution in [1.29, 1.82) is 0 Å². The Kier molecular flexibility index (Phi) is 8.33. The number of sulfonamides is 1. The van der Waals surface area contributed by atoms with E-state index in [0.717, 1.165) is 23.0 Å². The second kappa shape index (κ2) is 10.5. The highest BCUT2D eigenvalue weighted by Gasteiger charge is 2.29. The molecule has 0 spiro atoms. The molecular formula is C19H20BrFN2O6S. The molecule has 0 amide bonds. The third-order valence-corrected chi connectivity index (χ3v) is 6.74. The highest BCUT2D eigenvalue weighted by atomic mass is 79.9. The second-order valence-corrected chi connectivity index (χ2v) is 9.25. The lowest BCUT2D eigenvalue weighted by Crippen LogP contribution is -2.42. The van der Waals surface area contributed by atoms with Crippen molar-refractivity contribution in [3.63, 3.8) is 0 Å². The van der Waals surface area contributed by atoms with E-state index in [1.165, 1.54) is 28.6 Å². The molecule has 30 heavy (non-hydrogen) atoms. The normalized spacial score (nSPS) is 15.0. The Bertz CT molecular complexity index is 963. The van der Waals surface area contributed by atoms with Crippen LogP contribution in [0.15, 0.2) is 57.9 Å². The van der Waals surface area contributed by atoms with E-state index < -0.39 is 27.8 Å². The molecule has 0 atom stereocenters. The number of nitrogens with one attached hydrogen (secondary N) is 1. The Balaban J connectivity index is 0.000000469. The van der Waals surface area contributed by atoms with Crippen LogP contribution in [0.5, 0.6) is 0 Å². The zero-order chi connectivity index (χ0) is 22.3. The van der Waals surface area contributed by atoms with E-state index in [0.29, 0.717) is 13.1 Å². The van der Waals surface area contributed by atoms with E-state index >= 15 is 0 Å². The molecule has 1 aliphatic rings. The number of piperidine rings is 1. The van der Waals surface area contributed by atoms with Crippen molar-refractivity contribution in [3.8, 4) is 0 Å². The van der Waals surface area contributed by atoms with E-state index in [1.807, 2.05) is 24.3 Å². The van der Waals surface area contributed by atoms with Gasteiger partial charge in [0.05, 0.1) is 4.90 Å². The van der Waals surface area contributed by atoms with Gasteiger partial charge in [0.2, 0.25) is 10.0 Å². The highest BCUT2D eigenvalue weighted by Crippen LogP contribution is 2.23. The predicted molar refractivity (Wildman–Crippen MR) is 111 cm³/mol. The van der Waals surface area contributed by atoms with E-state index in [2.05, 4.69) is 21.2 Å². The molecule has 11 heteroatoms. The van der Waals surface area contributed by atoms with Crippen molar-refractivity contribution in [2.75, 3.05) is 18.4 Å². The lowest BCUT2D eigenvalue weighted by molar-refractivity contribution is -0.159. The minimum Gasteiger partial charge on any atom is -0.473 e. The van der Waals surface area contributed by atoms with Crippen LogP contribution >= 0.6 is 15.9 Å². The first-order valence-electron chi connectivity index (χ1n) is 8.83. The zero-order valence-electron chi connectivity index (χ0n) is 15.7. The smallest absolute Gasteiger partial charge is 0.414 e. The Labute approximate surface area is 181 Å². The maximum absolute atomic E-state index is 13.0. The van der Waals surface area contributed by atoms with Gasteiger partial charge in [-0.05, 0) is 61.4 Å². The number of hydrogen-bond donors (Lipinski definition) is 3. The van der Waals surface area contributed by atoms with Crippen LogP contribution in [0.2, 0.25) is 0 Å². The highest BCUT2D eigenvalue weighted by molar-refractivity contribution is 9.10. The first-order chi connectivity index (χ1) is 14.1. The SMILES string of the molecule is O=C(O)C(=O)O.O=S(=O)(c1ccc(F)cc1)N1CCC(Nc2ccc(Br)cc2)CC1. The summed E-state index contributed by atoms with van der Waals surface area (Å²) in [5.74, 6) is -4.09. The number of anilines is 1. The van der Waals surface area contributed by atoms with Crippen LogP contribution in [-0.4, -0.2) is 54.0 Å². The summed E-state index contributed by atoms with van der Waals surface area (Å²) in [6.45, 7) is 0.905. The van der Waals surface area contributed by atoms with Gasteiger partial charge in [0.1, 0.15) is 5.82 Å². The number of carboxylic acids is 2. The number of hydrogen-bond acceptors (Lipinski definition) is 5. The molecule has 3 N–H and O–H groups in total. The minimum absolute atomic E-state index is 0.142. The van der Waals surface area contributed by atoms with Gasteiger partial charge < -0.3 is 15.5 Å². The number of benzene rings is 2. The minimum atomic E-state index is -3.55. The Morgan fingerprint density at radius 3 is 1.93 bits per heavy atom. The van der Waals surface area contributed by atoms with Crippen molar-refractivity contribution in [2.24, 2.45) is 0 Å². The topological polar surface area (TPSA) is 124 Å². The van der Waals surface area contributed by atoms with Gasteiger partial charge in [-0.3, -0.25) is 0 Å². The summed E-state index contributed by atoms with van der Waals surface area (Å²) in [5.41, 5.74) is 1.03. The lowest BCUT2D eigenvalue weighted by Gasteiger charge is -2.32. The van der Waals surface area contributed by atoms with E-state index in [9.17, 15) is 12.8 Å². The standard InChI is InChI=1S/C17H18BrFN2O2S.C2H2O4/c18-13-1-5-15(6-2-13)20-16-9-11-21(12-10-16)24(22,23)17-7-3-14(19)4-8-17;3-1(4)2(5)6/h1-8,16,20H,9-12H2;(H,3,4)(H,5,6). The Morgan fingerprint density at radius 1 is 0.967 bits per heavy atom. The number of aliphatic carboxylic acids is 2. The molecular weight excluding hydrogens is 483 g/mol. The van der Waals surface area contributed by atoms with Crippen molar-refractivity contribution in [3.05, 3.63) is 58.8 Å². The molecule has 1 fully saturated rings. The van der Waals surface area contributed by atoms with Gasteiger partial charge in [-0.15, -0.1) is 0 Å². The van der Waals surface area contributed by atoms with Gasteiger partial charge in [0, 0.05) is 29.3 Å². The average molecular weight is 503 g/mol. The molecule has 1 aliphatic heterocycles. The van der Waals surface area contributed by atoms with Gasteiger partial charge in [0.25, 0.3) is 0 Å². The summed E-state index contributed by atoms with van der Waals surface area (Å²) in [6, 6.07) is 13.1. The summed E-state index contributed by atoms with van der Waals surface area (Å²) in [5, 5.41) is 18.2. The average Bonchev–Trinajstić information content (AvgIpc) is 2.71. The molecule has 0 radical (unpaired) electrons. The van der Waals surface area contributed by atoms with E-state index in [-0.39, 0.29) is 10.9 Å². The molecule has 2 aromatic rings. The molecule has 1 heterocycles. The summed E-state index contributed by atoms with van der Waals surface area (Å²) < 4.78 is 40.6. The monoisotopic (exact) mass is 502 g/mol. The van der Waals surface area contributed by atoms with Crippen LogP contribution in [0.3, 0.4) is 0 Å². The molecule has 1 saturated heterocycles. The van der Waals surface area contributed by atoms with Crippen LogP contribution < -0.4 is 5.32 Å². The quantitative estimate of drug-likeness (QED) is 0.548. The van der Waals surface area contributed by atoms with Crippen molar-refractivity contribution in [1.82, 2.24) is 4.31 Å². The number of nitrogens with zero attached hydrogens (tertiary/aromatic N) is 1. The summed E-state index contributed by atoms with van der Waals surface area (Å²) >= 11 is 3.40. The van der Waals surface area contributed by atoms with Gasteiger partial charge in [0.15, 0.2) is 0 Å².